The van der Waals surface area contributed by atoms with Gasteiger partial charge in [-0.25, -0.2) is 9.59 Å². The number of hydrogen-bond acceptors (Lipinski definition) is 7. The summed E-state index contributed by atoms with van der Waals surface area (Å²) in [4.78, 5) is 35.9. The first-order valence-corrected chi connectivity index (χ1v) is 6.79. The summed E-state index contributed by atoms with van der Waals surface area (Å²) >= 11 is 0. The van der Waals surface area contributed by atoms with Gasteiger partial charge in [-0.15, -0.1) is 0 Å². The van der Waals surface area contributed by atoms with Crippen molar-refractivity contribution in [2.75, 3.05) is 6.61 Å². The van der Waals surface area contributed by atoms with Gasteiger partial charge < -0.3 is 19.7 Å². The Morgan fingerprint density at radius 1 is 1.33 bits per heavy atom. The third-order valence-electron chi connectivity index (χ3n) is 5.59. The molecular weight excluding hydrogens is 280 g/mol. The molecule has 1 spiro atoms. The van der Waals surface area contributed by atoms with Crippen LogP contribution in [0, 0.1) is 10.8 Å². The lowest BCUT2D eigenvalue weighted by molar-refractivity contribution is -0.228. The number of hydrogen-bond donors (Lipinski definition) is 2. The van der Waals surface area contributed by atoms with Gasteiger partial charge in [-0.1, -0.05) is 0 Å². The number of ketones is 1. The summed E-state index contributed by atoms with van der Waals surface area (Å²) in [7, 11) is 0. The first kappa shape index (κ1) is 13.0. The first-order chi connectivity index (χ1) is 9.75. The maximum absolute atomic E-state index is 12.1. The first-order valence-electron chi connectivity index (χ1n) is 6.79. The molecule has 21 heavy (non-hydrogen) atoms. The van der Waals surface area contributed by atoms with E-state index < -0.39 is 40.6 Å². The Bertz CT molecular complexity index is 637. The number of aliphatic hydroxyl groups is 2. The molecule has 2 aliphatic carbocycles. The number of ether oxygens (including phenoxy) is 2. The van der Waals surface area contributed by atoms with Crippen molar-refractivity contribution >= 4 is 17.7 Å². The monoisotopic (exact) mass is 294 g/mol. The van der Waals surface area contributed by atoms with E-state index in [0.29, 0.717) is 5.57 Å². The van der Waals surface area contributed by atoms with Gasteiger partial charge in [0.1, 0.15) is 12.7 Å². The summed E-state index contributed by atoms with van der Waals surface area (Å²) in [6, 6.07) is 0. The molecule has 0 amide bonds. The molecule has 0 radical (unpaired) electrons. The highest BCUT2D eigenvalue weighted by atomic mass is 16.6. The van der Waals surface area contributed by atoms with E-state index in [2.05, 4.69) is 0 Å². The third kappa shape index (κ3) is 1.14. The Labute approximate surface area is 119 Å². The average molecular weight is 294 g/mol. The Balaban J connectivity index is 2.00. The van der Waals surface area contributed by atoms with Gasteiger partial charge in [-0.05, 0) is 18.6 Å². The van der Waals surface area contributed by atoms with Crippen LogP contribution in [0.25, 0.3) is 0 Å². The molecule has 4 aliphatic rings. The summed E-state index contributed by atoms with van der Waals surface area (Å²) in [5, 5.41) is 21.2. The molecule has 2 unspecified atom stereocenters. The lowest BCUT2D eigenvalue weighted by Crippen LogP contribution is -2.70. The van der Waals surface area contributed by atoms with Crippen LogP contribution in [0.1, 0.15) is 19.8 Å². The van der Waals surface area contributed by atoms with E-state index in [9.17, 15) is 24.6 Å². The summed E-state index contributed by atoms with van der Waals surface area (Å²) < 4.78 is 10.1. The zero-order valence-electron chi connectivity index (χ0n) is 11.3. The lowest BCUT2D eigenvalue weighted by Gasteiger charge is -2.56. The number of carbonyl (C=O) groups excluding carboxylic acids is 3. The number of rotatable bonds is 0. The molecule has 0 aromatic carbocycles. The van der Waals surface area contributed by atoms with Crippen LogP contribution in [0.4, 0.5) is 0 Å². The van der Waals surface area contributed by atoms with Crippen LogP contribution < -0.4 is 0 Å². The SMILES string of the molecule is C[C@@]12COC(=O)[C@]1(O)[C@H]1CC3(CC(=O)C=C32)C(O)C(=O)O1. The van der Waals surface area contributed by atoms with E-state index in [4.69, 9.17) is 9.47 Å². The molecule has 0 aromatic rings. The number of carbonyl (C=O) groups is 3. The van der Waals surface area contributed by atoms with Crippen LogP contribution >= 0.6 is 0 Å². The Morgan fingerprint density at radius 3 is 2.76 bits per heavy atom. The van der Waals surface area contributed by atoms with Crippen molar-refractivity contribution in [3.8, 4) is 0 Å². The molecular formula is C14H14O7. The second-order valence-corrected chi connectivity index (χ2v) is 6.56. The molecule has 7 nitrogen and oxygen atoms in total. The topological polar surface area (TPSA) is 110 Å². The average Bonchev–Trinajstić information content (AvgIpc) is 2.88. The predicted molar refractivity (Wildman–Crippen MR) is 64.7 cm³/mol. The number of aliphatic hydroxyl groups excluding tert-OH is 1. The molecule has 3 fully saturated rings. The summed E-state index contributed by atoms with van der Waals surface area (Å²) in [5.74, 6) is -2.00. The highest BCUT2D eigenvalue weighted by Crippen LogP contribution is 2.65. The minimum atomic E-state index is -2.01. The van der Waals surface area contributed by atoms with E-state index >= 15 is 0 Å². The fourth-order valence-corrected chi connectivity index (χ4v) is 4.47. The molecule has 0 aromatic heterocycles. The molecule has 5 atom stereocenters. The van der Waals surface area contributed by atoms with E-state index in [0.717, 1.165) is 0 Å². The fraction of sp³-hybridized carbons (Fsp3) is 0.643. The minimum Gasteiger partial charge on any atom is -0.462 e. The van der Waals surface area contributed by atoms with Gasteiger partial charge >= 0.3 is 11.9 Å². The van der Waals surface area contributed by atoms with Gasteiger partial charge in [0.15, 0.2) is 11.9 Å². The van der Waals surface area contributed by atoms with E-state index in [-0.39, 0.29) is 25.2 Å². The van der Waals surface area contributed by atoms with Crippen molar-refractivity contribution < 1.29 is 34.1 Å². The number of esters is 2. The van der Waals surface area contributed by atoms with Gasteiger partial charge in [-0.3, -0.25) is 4.79 Å². The standard InChI is InChI=1S/C14H14O7/c1-12-5-20-11(18)14(12,19)8-4-13(9(16)10(17)21-8)3-6(15)2-7(12)13/h2,8-9,16,19H,3-5H2,1H3/t8-,9?,12+,13?,14-/m1/s1. The van der Waals surface area contributed by atoms with Gasteiger partial charge in [0.25, 0.3) is 0 Å². The normalized spacial score (nSPS) is 51.0. The van der Waals surface area contributed by atoms with Crippen LogP contribution in [0.5, 0.6) is 0 Å². The number of allylic oxidation sites excluding steroid dienone is 1. The highest BCUT2D eigenvalue weighted by molar-refractivity contribution is 5.99. The maximum Gasteiger partial charge on any atom is 0.343 e. The quantitative estimate of drug-likeness (QED) is 0.543. The van der Waals surface area contributed by atoms with Gasteiger partial charge in [0, 0.05) is 18.3 Å². The van der Waals surface area contributed by atoms with Crippen molar-refractivity contribution in [1.82, 2.24) is 0 Å². The molecule has 4 rings (SSSR count). The van der Waals surface area contributed by atoms with Crippen molar-refractivity contribution in [2.24, 2.45) is 10.8 Å². The number of fused-ring (bicyclic) bond motifs is 4. The fourth-order valence-electron chi connectivity index (χ4n) is 4.47. The Morgan fingerprint density at radius 2 is 2.05 bits per heavy atom. The van der Waals surface area contributed by atoms with Crippen LogP contribution in [0.2, 0.25) is 0 Å². The van der Waals surface area contributed by atoms with E-state index in [1.54, 1.807) is 6.92 Å². The smallest absolute Gasteiger partial charge is 0.343 e. The molecule has 2 bridgehead atoms. The van der Waals surface area contributed by atoms with Crippen molar-refractivity contribution in [3.05, 3.63) is 11.6 Å². The molecule has 2 aliphatic heterocycles. The molecule has 7 heteroatoms. The maximum atomic E-state index is 12.1. The molecule has 1 saturated carbocycles. The minimum absolute atomic E-state index is 0.0189. The Hall–Kier alpha value is -1.73. The van der Waals surface area contributed by atoms with Crippen LogP contribution in [0.15, 0.2) is 11.6 Å². The second kappa shape index (κ2) is 3.36. The number of cyclic esters (lactones) is 1. The summed E-state index contributed by atoms with van der Waals surface area (Å²) in [6.07, 6.45) is -1.22. The second-order valence-electron chi connectivity index (χ2n) is 6.56. The lowest BCUT2D eigenvalue weighted by atomic mass is 9.51. The highest BCUT2D eigenvalue weighted by Gasteiger charge is 2.77. The molecule has 2 saturated heterocycles. The van der Waals surface area contributed by atoms with Gasteiger partial charge in [-0.2, -0.15) is 0 Å². The molecule has 112 valence electrons. The van der Waals surface area contributed by atoms with Crippen LogP contribution in [-0.4, -0.2) is 52.4 Å². The Kier molecular flexibility index (Phi) is 2.08. The predicted octanol–water partition coefficient (Wildman–Crippen LogP) is -1.14. The van der Waals surface area contributed by atoms with Gasteiger partial charge in [0.05, 0.1) is 5.41 Å². The summed E-state index contributed by atoms with van der Waals surface area (Å²) in [5.41, 5.74) is -3.86. The molecule has 2 N–H and O–H groups in total. The largest absolute Gasteiger partial charge is 0.462 e. The van der Waals surface area contributed by atoms with E-state index in [1.807, 2.05) is 0 Å². The van der Waals surface area contributed by atoms with Crippen molar-refractivity contribution in [2.45, 2.75) is 37.6 Å². The zero-order chi connectivity index (χ0) is 15.2. The van der Waals surface area contributed by atoms with Crippen LogP contribution in [0.3, 0.4) is 0 Å². The van der Waals surface area contributed by atoms with Gasteiger partial charge in [0.2, 0.25) is 5.60 Å². The third-order valence-corrected chi connectivity index (χ3v) is 5.59. The molecule has 2 heterocycles. The van der Waals surface area contributed by atoms with Crippen LogP contribution in [-0.2, 0) is 23.9 Å². The zero-order valence-corrected chi connectivity index (χ0v) is 11.3. The summed E-state index contributed by atoms with van der Waals surface area (Å²) in [6.45, 7) is 1.50. The van der Waals surface area contributed by atoms with E-state index in [1.165, 1.54) is 6.08 Å². The van der Waals surface area contributed by atoms with Crippen molar-refractivity contribution in [3.63, 3.8) is 0 Å². The van der Waals surface area contributed by atoms with Crippen molar-refractivity contribution in [1.29, 1.82) is 0 Å².